The van der Waals surface area contributed by atoms with E-state index in [4.69, 9.17) is 15.2 Å². The first-order chi connectivity index (χ1) is 8.65. The van der Waals surface area contributed by atoms with E-state index in [9.17, 15) is 4.79 Å². The molecule has 1 amide bonds. The average molecular weight is 250 g/mol. The first-order valence-electron chi connectivity index (χ1n) is 6.04. The van der Waals surface area contributed by atoms with Gasteiger partial charge in [-0.1, -0.05) is 6.07 Å². The van der Waals surface area contributed by atoms with Crippen LogP contribution in [0.1, 0.15) is 13.3 Å². The summed E-state index contributed by atoms with van der Waals surface area (Å²) in [6.07, 6.45) is 1.20. The summed E-state index contributed by atoms with van der Waals surface area (Å²) in [6.45, 7) is 2.74. The molecule has 0 radical (unpaired) electrons. The summed E-state index contributed by atoms with van der Waals surface area (Å²) in [6, 6.07) is 7.80. The highest BCUT2D eigenvalue weighted by molar-refractivity contribution is 5.75. The lowest BCUT2D eigenvalue weighted by molar-refractivity contribution is -0.119. The highest BCUT2D eigenvalue weighted by Gasteiger charge is 2.23. The summed E-state index contributed by atoms with van der Waals surface area (Å²) in [5, 5.41) is 3.40. The number of carbonyl (C=O) groups is 1. The van der Waals surface area contributed by atoms with E-state index in [0.29, 0.717) is 11.8 Å². The van der Waals surface area contributed by atoms with Gasteiger partial charge in [0.25, 0.3) is 5.91 Å². The van der Waals surface area contributed by atoms with E-state index in [0.717, 1.165) is 18.7 Å². The monoisotopic (exact) mass is 250 g/mol. The van der Waals surface area contributed by atoms with Gasteiger partial charge in [-0.3, -0.25) is 4.79 Å². The molecule has 3 N–H and O–H groups in total. The summed E-state index contributed by atoms with van der Waals surface area (Å²) < 4.78 is 10.7. The van der Waals surface area contributed by atoms with Gasteiger partial charge in [-0.05, 0) is 25.5 Å². The van der Waals surface area contributed by atoms with Crippen LogP contribution in [0.2, 0.25) is 0 Å². The maximum Gasteiger partial charge on any atom is 0.255 e. The van der Waals surface area contributed by atoms with Gasteiger partial charge in [-0.2, -0.15) is 0 Å². The predicted octanol–water partition coefficient (Wildman–Crippen LogP) is 1.14. The molecule has 1 heterocycles. The van der Waals surface area contributed by atoms with Gasteiger partial charge >= 0.3 is 0 Å². The Kier molecular flexibility index (Phi) is 4.04. The van der Waals surface area contributed by atoms with Gasteiger partial charge in [-0.15, -0.1) is 0 Å². The fourth-order valence-corrected chi connectivity index (χ4v) is 1.97. The van der Waals surface area contributed by atoms with Crippen molar-refractivity contribution < 1.29 is 14.3 Å². The molecule has 1 saturated heterocycles. The molecule has 0 aliphatic carbocycles. The van der Waals surface area contributed by atoms with Crippen LogP contribution in [0.5, 0.6) is 5.75 Å². The van der Waals surface area contributed by atoms with Crippen LogP contribution in [0.3, 0.4) is 0 Å². The fourth-order valence-electron chi connectivity index (χ4n) is 1.97. The third kappa shape index (κ3) is 3.37. The number of anilines is 1. The van der Waals surface area contributed by atoms with E-state index < -0.39 is 5.91 Å². The summed E-state index contributed by atoms with van der Waals surface area (Å²) in [7, 11) is 0. The molecule has 98 valence electrons. The second-order valence-corrected chi connectivity index (χ2v) is 4.40. The zero-order valence-electron chi connectivity index (χ0n) is 10.4. The minimum atomic E-state index is -0.480. The molecule has 1 aliphatic rings. The standard InChI is InChI=1S/C13H18N2O3/c1-9-12(5-6-17-9)15-10-3-2-4-11(7-10)18-8-13(14)16/h2-4,7,9,12,15H,5-6,8H2,1H3,(H2,14,16). The molecule has 0 spiro atoms. The van der Waals surface area contributed by atoms with Gasteiger partial charge in [0.2, 0.25) is 0 Å². The van der Waals surface area contributed by atoms with Crippen LogP contribution in [-0.4, -0.2) is 31.3 Å². The Balaban J connectivity index is 1.96. The van der Waals surface area contributed by atoms with E-state index in [2.05, 4.69) is 12.2 Å². The Morgan fingerprint density at radius 1 is 1.61 bits per heavy atom. The molecule has 0 bridgehead atoms. The second-order valence-electron chi connectivity index (χ2n) is 4.40. The Labute approximate surface area is 106 Å². The van der Waals surface area contributed by atoms with Gasteiger partial charge in [0.1, 0.15) is 5.75 Å². The molecular formula is C13H18N2O3. The van der Waals surface area contributed by atoms with Crippen molar-refractivity contribution in [1.82, 2.24) is 0 Å². The van der Waals surface area contributed by atoms with Crippen LogP contribution in [0.25, 0.3) is 0 Å². The largest absolute Gasteiger partial charge is 0.484 e. The molecule has 1 aromatic rings. The Morgan fingerprint density at radius 3 is 3.11 bits per heavy atom. The summed E-state index contributed by atoms with van der Waals surface area (Å²) >= 11 is 0. The molecule has 0 saturated carbocycles. The first-order valence-corrected chi connectivity index (χ1v) is 6.04. The van der Waals surface area contributed by atoms with Crippen LogP contribution < -0.4 is 15.8 Å². The highest BCUT2D eigenvalue weighted by Crippen LogP contribution is 2.22. The quantitative estimate of drug-likeness (QED) is 0.822. The molecule has 2 atom stereocenters. The van der Waals surface area contributed by atoms with E-state index in [1.54, 1.807) is 6.07 Å². The van der Waals surface area contributed by atoms with E-state index in [1.165, 1.54) is 0 Å². The number of hydrogen-bond donors (Lipinski definition) is 2. The molecule has 5 nitrogen and oxygen atoms in total. The van der Waals surface area contributed by atoms with Crippen LogP contribution in [0.15, 0.2) is 24.3 Å². The zero-order chi connectivity index (χ0) is 13.0. The Hall–Kier alpha value is -1.75. The molecular weight excluding hydrogens is 232 g/mol. The number of ether oxygens (including phenoxy) is 2. The third-order valence-corrected chi connectivity index (χ3v) is 2.94. The maximum atomic E-state index is 10.6. The maximum absolute atomic E-state index is 10.6. The van der Waals surface area contributed by atoms with Crippen LogP contribution in [0.4, 0.5) is 5.69 Å². The number of nitrogens with one attached hydrogen (secondary N) is 1. The van der Waals surface area contributed by atoms with Crippen LogP contribution in [0, 0.1) is 0 Å². The van der Waals surface area contributed by atoms with Gasteiger partial charge in [0.15, 0.2) is 6.61 Å². The number of benzene rings is 1. The van der Waals surface area contributed by atoms with Crippen molar-refractivity contribution in [3.05, 3.63) is 24.3 Å². The molecule has 1 aliphatic heterocycles. The topological polar surface area (TPSA) is 73.6 Å². The number of rotatable bonds is 5. The van der Waals surface area contributed by atoms with Crippen molar-refractivity contribution in [2.75, 3.05) is 18.5 Å². The highest BCUT2D eigenvalue weighted by atomic mass is 16.5. The van der Waals surface area contributed by atoms with Crippen molar-refractivity contribution in [3.63, 3.8) is 0 Å². The zero-order valence-corrected chi connectivity index (χ0v) is 10.4. The van der Waals surface area contributed by atoms with Crippen LogP contribution in [-0.2, 0) is 9.53 Å². The molecule has 0 aromatic heterocycles. The molecule has 18 heavy (non-hydrogen) atoms. The van der Waals surface area contributed by atoms with Gasteiger partial charge < -0.3 is 20.5 Å². The van der Waals surface area contributed by atoms with Gasteiger partial charge in [0, 0.05) is 18.4 Å². The summed E-state index contributed by atoms with van der Waals surface area (Å²) in [4.78, 5) is 10.6. The summed E-state index contributed by atoms with van der Waals surface area (Å²) in [5.74, 6) is 0.150. The Morgan fingerprint density at radius 2 is 2.44 bits per heavy atom. The number of hydrogen-bond acceptors (Lipinski definition) is 4. The van der Waals surface area contributed by atoms with Crippen LogP contribution >= 0.6 is 0 Å². The second kappa shape index (κ2) is 5.73. The van der Waals surface area contributed by atoms with E-state index >= 15 is 0 Å². The van der Waals surface area contributed by atoms with Crippen molar-refractivity contribution >= 4 is 11.6 Å². The minimum Gasteiger partial charge on any atom is -0.484 e. The molecule has 2 rings (SSSR count). The SMILES string of the molecule is CC1OCCC1Nc1cccc(OCC(N)=O)c1. The average Bonchev–Trinajstić information content (AvgIpc) is 2.73. The fraction of sp³-hybridized carbons (Fsp3) is 0.462. The van der Waals surface area contributed by atoms with Crippen molar-refractivity contribution in [2.45, 2.75) is 25.5 Å². The minimum absolute atomic E-state index is 0.105. The van der Waals surface area contributed by atoms with E-state index in [1.807, 2.05) is 18.2 Å². The molecule has 2 unspecified atom stereocenters. The summed E-state index contributed by atoms with van der Waals surface area (Å²) in [5.41, 5.74) is 5.99. The van der Waals surface area contributed by atoms with Crippen molar-refractivity contribution in [1.29, 1.82) is 0 Å². The lowest BCUT2D eigenvalue weighted by Gasteiger charge is -2.17. The van der Waals surface area contributed by atoms with Gasteiger partial charge in [0.05, 0.1) is 12.1 Å². The van der Waals surface area contributed by atoms with E-state index in [-0.39, 0.29) is 12.7 Å². The third-order valence-electron chi connectivity index (χ3n) is 2.94. The van der Waals surface area contributed by atoms with Crippen molar-refractivity contribution in [3.8, 4) is 5.75 Å². The Bertz CT molecular complexity index is 422. The molecule has 1 aromatic carbocycles. The number of amides is 1. The number of carbonyl (C=O) groups excluding carboxylic acids is 1. The smallest absolute Gasteiger partial charge is 0.255 e. The molecule has 1 fully saturated rings. The van der Waals surface area contributed by atoms with Gasteiger partial charge in [-0.25, -0.2) is 0 Å². The van der Waals surface area contributed by atoms with Crippen molar-refractivity contribution in [2.24, 2.45) is 5.73 Å². The molecule has 5 heteroatoms. The normalized spacial score (nSPS) is 22.7. The number of nitrogens with two attached hydrogens (primary N) is 1. The number of primary amides is 1. The predicted molar refractivity (Wildman–Crippen MR) is 68.6 cm³/mol. The first kappa shape index (κ1) is 12.7. The lowest BCUT2D eigenvalue weighted by atomic mass is 10.1. The lowest BCUT2D eigenvalue weighted by Crippen LogP contribution is -2.26.